The Hall–Kier alpha value is -1.79. The van der Waals surface area contributed by atoms with Crippen molar-refractivity contribution in [2.75, 3.05) is 13.1 Å². The third-order valence-corrected chi connectivity index (χ3v) is 3.77. The second kappa shape index (κ2) is 6.78. The molecule has 112 valence electrons. The first-order valence-electron chi connectivity index (χ1n) is 7.63. The van der Waals surface area contributed by atoms with Crippen LogP contribution < -0.4 is 5.73 Å². The van der Waals surface area contributed by atoms with Gasteiger partial charge in [-0.2, -0.15) is 0 Å². The minimum atomic E-state index is 0.0851. The summed E-state index contributed by atoms with van der Waals surface area (Å²) >= 11 is 0. The minimum absolute atomic E-state index is 0.0851. The van der Waals surface area contributed by atoms with Crippen LogP contribution in [0.5, 0.6) is 0 Å². The highest BCUT2D eigenvalue weighted by Crippen LogP contribution is 2.31. The van der Waals surface area contributed by atoms with Crippen LogP contribution in [-0.2, 0) is 0 Å². The predicted molar refractivity (Wildman–Crippen MR) is 86.0 cm³/mol. The van der Waals surface area contributed by atoms with Gasteiger partial charge in [-0.15, -0.1) is 0 Å². The number of aryl methyl sites for hydroxylation is 1. The number of hydrogen-bond donors (Lipinski definition) is 1. The molecule has 3 nitrogen and oxygen atoms in total. The molecule has 0 unspecified atom stereocenters. The van der Waals surface area contributed by atoms with Gasteiger partial charge in [0.05, 0.1) is 12.1 Å². The summed E-state index contributed by atoms with van der Waals surface area (Å²) in [4.78, 5) is 14.9. The van der Waals surface area contributed by atoms with Crippen LogP contribution in [0.3, 0.4) is 0 Å². The van der Waals surface area contributed by atoms with Gasteiger partial charge in [0.2, 0.25) is 0 Å². The van der Waals surface area contributed by atoms with Gasteiger partial charge in [-0.05, 0) is 51.7 Å². The van der Waals surface area contributed by atoms with Crippen molar-refractivity contribution in [3.63, 3.8) is 0 Å². The molecule has 21 heavy (non-hydrogen) atoms. The lowest BCUT2D eigenvalue weighted by atomic mass is 10.0. The molecule has 0 spiro atoms. The van der Waals surface area contributed by atoms with Crippen LogP contribution in [0.2, 0.25) is 0 Å². The minimum Gasteiger partial charge on any atom is -0.336 e. The van der Waals surface area contributed by atoms with Gasteiger partial charge < -0.3 is 10.6 Å². The van der Waals surface area contributed by atoms with E-state index in [1.807, 2.05) is 30.0 Å². The summed E-state index contributed by atoms with van der Waals surface area (Å²) in [5, 5.41) is 0. The fraction of sp³-hybridized carbons (Fsp3) is 0.500. The van der Waals surface area contributed by atoms with E-state index in [1.165, 1.54) is 12.8 Å². The van der Waals surface area contributed by atoms with E-state index in [1.54, 1.807) is 0 Å². The first kappa shape index (κ1) is 15.6. The normalized spacial score (nSPS) is 13.8. The summed E-state index contributed by atoms with van der Waals surface area (Å²) in [7, 11) is 0. The van der Waals surface area contributed by atoms with Crippen LogP contribution >= 0.6 is 0 Å². The molecule has 1 aliphatic carbocycles. The Morgan fingerprint density at radius 3 is 2.71 bits per heavy atom. The molecule has 1 amide bonds. The molecule has 0 aromatic heterocycles. The number of benzene rings is 1. The first-order chi connectivity index (χ1) is 10.0. The molecule has 0 heterocycles. The van der Waals surface area contributed by atoms with E-state index < -0.39 is 0 Å². The third-order valence-electron chi connectivity index (χ3n) is 3.77. The molecule has 1 aromatic rings. The summed E-state index contributed by atoms with van der Waals surface area (Å²) < 4.78 is 0. The number of amides is 1. The molecule has 1 aliphatic rings. The quantitative estimate of drug-likeness (QED) is 0.864. The van der Waals surface area contributed by atoms with Gasteiger partial charge in [0.15, 0.2) is 0 Å². The fourth-order valence-electron chi connectivity index (χ4n) is 2.35. The van der Waals surface area contributed by atoms with Crippen molar-refractivity contribution < 1.29 is 4.79 Å². The van der Waals surface area contributed by atoms with E-state index in [2.05, 4.69) is 25.7 Å². The molecule has 0 aliphatic heterocycles. The Morgan fingerprint density at radius 2 is 2.14 bits per heavy atom. The van der Waals surface area contributed by atoms with Crippen LogP contribution in [0.4, 0.5) is 0 Å². The maximum atomic E-state index is 12.9. The number of hydrogen-bond acceptors (Lipinski definition) is 2. The second-order valence-corrected chi connectivity index (χ2v) is 6.05. The molecule has 0 radical (unpaired) electrons. The molecule has 0 bridgehead atoms. The van der Waals surface area contributed by atoms with Gasteiger partial charge in [0, 0.05) is 18.2 Å². The van der Waals surface area contributed by atoms with E-state index in [4.69, 9.17) is 5.73 Å². The van der Waals surface area contributed by atoms with Crippen LogP contribution in [0.1, 0.15) is 48.2 Å². The Kier molecular flexibility index (Phi) is 5.03. The summed E-state index contributed by atoms with van der Waals surface area (Å²) in [6, 6.07) is 6.04. The number of nitrogens with zero attached hydrogens (tertiary/aromatic N) is 1. The Labute approximate surface area is 127 Å². The summed E-state index contributed by atoms with van der Waals surface area (Å²) in [5.41, 5.74) is 8.00. The topological polar surface area (TPSA) is 46.3 Å². The van der Waals surface area contributed by atoms with Crippen molar-refractivity contribution in [2.24, 2.45) is 11.7 Å². The largest absolute Gasteiger partial charge is 0.336 e. The third kappa shape index (κ3) is 4.09. The number of nitrogens with two attached hydrogens (primary N) is 1. The van der Waals surface area contributed by atoms with Gasteiger partial charge in [-0.25, -0.2) is 0 Å². The lowest BCUT2D eigenvalue weighted by molar-refractivity contribution is 0.0696. The monoisotopic (exact) mass is 284 g/mol. The maximum absolute atomic E-state index is 12.9. The van der Waals surface area contributed by atoms with Crippen molar-refractivity contribution >= 4 is 5.91 Å². The molecule has 2 rings (SSSR count). The fourth-order valence-corrected chi connectivity index (χ4v) is 2.35. The van der Waals surface area contributed by atoms with E-state index in [0.29, 0.717) is 18.0 Å². The van der Waals surface area contributed by atoms with Crippen molar-refractivity contribution in [1.29, 1.82) is 0 Å². The van der Waals surface area contributed by atoms with Crippen LogP contribution in [0, 0.1) is 24.7 Å². The van der Waals surface area contributed by atoms with E-state index in [0.717, 1.165) is 17.7 Å². The zero-order valence-corrected chi connectivity index (χ0v) is 13.1. The van der Waals surface area contributed by atoms with Gasteiger partial charge in [-0.3, -0.25) is 4.79 Å². The first-order valence-corrected chi connectivity index (χ1v) is 7.63. The smallest absolute Gasteiger partial charge is 0.255 e. The van der Waals surface area contributed by atoms with Gasteiger partial charge in [0.25, 0.3) is 5.91 Å². The molecule has 1 saturated carbocycles. The zero-order chi connectivity index (χ0) is 15.4. The van der Waals surface area contributed by atoms with Crippen LogP contribution in [0.25, 0.3) is 0 Å². The lowest BCUT2D eigenvalue weighted by Crippen LogP contribution is -2.38. The standard InChI is InChI=1S/C18H24N2O/c1-13(2)20(12-15-7-8-15)18(21)17-11-14(3)6-9-16(17)5-4-10-19/h6,9,11,13,15H,7-8,10,12,19H2,1-3H3. The van der Waals surface area contributed by atoms with E-state index in [9.17, 15) is 4.79 Å². The molecule has 2 N–H and O–H groups in total. The van der Waals surface area contributed by atoms with Gasteiger partial charge in [-0.1, -0.05) is 23.5 Å². The number of rotatable bonds is 4. The zero-order valence-electron chi connectivity index (χ0n) is 13.1. The van der Waals surface area contributed by atoms with Gasteiger partial charge >= 0.3 is 0 Å². The van der Waals surface area contributed by atoms with Crippen LogP contribution in [-0.4, -0.2) is 29.9 Å². The molecule has 3 heteroatoms. The SMILES string of the molecule is Cc1ccc(C#CCN)c(C(=O)N(CC2CC2)C(C)C)c1. The molecular weight excluding hydrogens is 260 g/mol. The van der Waals surface area contributed by atoms with Crippen molar-refractivity contribution in [1.82, 2.24) is 4.90 Å². The molecule has 0 saturated heterocycles. The number of carbonyl (C=O) groups is 1. The summed E-state index contributed by atoms with van der Waals surface area (Å²) in [6.45, 7) is 7.30. The molecular formula is C18H24N2O. The maximum Gasteiger partial charge on any atom is 0.255 e. The Balaban J connectivity index is 2.32. The van der Waals surface area contributed by atoms with Crippen molar-refractivity contribution in [3.05, 3.63) is 34.9 Å². The highest BCUT2D eigenvalue weighted by molar-refractivity contribution is 5.97. The summed E-state index contributed by atoms with van der Waals surface area (Å²) in [5.74, 6) is 6.63. The van der Waals surface area contributed by atoms with E-state index in [-0.39, 0.29) is 11.9 Å². The van der Waals surface area contributed by atoms with Crippen molar-refractivity contribution in [3.8, 4) is 11.8 Å². The highest BCUT2D eigenvalue weighted by atomic mass is 16.2. The average Bonchev–Trinajstić information content (AvgIpc) is 3.26. The van der Waals surface area contributed by atoms with Crippen LogP contribution in [0.15, 0.2) is 18.2 Å². The number of carbonyl (C=O) groups excluding carboxylic acids is 1. The predicted octanol–water partition coefficient (Wildman–Crippen LogP) is 2.57. The summed E-state index contributed by atoms with van der Waals surface area (Å²) in [6.07, 6.45) is 2.48. The Bertz CT molecular complexity index is 577. The molecule has 1 fully saturated rings. The average molecular weight is 284 g/mol. The Morgan fingerprint density at radius 1 is 1.43 bits per heavy atom. The molecule has 0 atom stereocenters. The molecule has 1 aromatic carbocycles. The second-order valence-electron chi connectivity index (χ2n) is 6.05. The lowest BCUT2D eigenvalue weighted by Gasteiger charge is -2.27. The van der Waals surface area contributed by atoms with Crippen molar-refractivity contribution in [2.45, 2.75) is 39.7 Å². The highest BCUT2D eigenvalue weighted by Gasteiger charge is 2.29. The van der Waals surface area contributed by atoms with Gasteiger partial charge in [0.1, 0.15) is 0 Å². The van der Waals surface area contributed by atoms with E-state index >= 15 is 0 Å².